The van der Waals surface area contributed by atoms with Gasteiger partial charge in [-0.05, 0) is 30.7 Å². The molecule has 0 heterocycles. The van der Waals surface area contributed by atoms with Gasteiger partial charge in [0.1, 0.15) is 5.75 Å². The van der Waals surface area contributed by atoms with Crippen LogP contribution in [0.25, 0.3) is 0 Å². The summed E-state index contributed by atoms with van der Waals surface area (Å²) in [4.78, 5) is 0.202. The topological polar surface area (TPSA) is 64.6 Å². The molecule has 0 aliphatic heterocycles. The minimum absolute atomic E-state index is 0.202. The van der Waals surface area contributed by atoms with E-state index in [1.165, 1.54) is 19.2 Å². The average Bonchev–Trinajstić information content (AvgIpc) is 2.40. The van der Waals surface area contributed by atoms with Gasteiger partial charge in [-0.15, -0.1) is 11.6 Å². The van der Waals surface area contributed by atoms with Crippen molar-refractivity contribution in [1.82, 2.24) is 4.72 Å². The van der Waals surface area contributed by atoms with Crippen LogP contribution in [-0.4, -0.2) is 41.2 Å². The lowest BCUT2D eigenvalue weighted by atomic mass is 10.3. The zero-order valence-electron chi connectivity index (χ0n) is 10.8. The van der Waals surface area contributed by atoms with Crippen LogP contribution < -0.4 is 9.46 Å². The van der Waals surface area contributed by atoms with Crippen LogP contribution in [0, 0.1) is 0 Å². The molecule has 108 valence electrons. The van der Waals surface area contributed by atoms with Crippen molar-refractivity contribution in [3.63, 3.8) is 0 Å². The maximum absolute atomic E-state index is 11.9. The lowest BCUT2D eigenvalue weighted by molar-refractivity contribution is 0.204. The van der Waals surface area contributed by atoms with E-state index in [-0.39, 0.29) is 11.4 Å². The second-order valence-corrected chi connectivity index (χ2v) is 5.90. The van der Waals surface area contributed by atoms with Crippen LogP contribution in [0.4, 0.5) is 0 Å². The third-order valence-electron chi connectivity index (χ3n) is 2.28. The highest BCUT2D eigenvalue weighted by atomic mass is 35.5. The summed E-state index contributed by atoms with van der Waals surface area (Å²) in [6, 6.07) is 6.26. The summed E-state index contributed by atoms with van der Waals surface area (Å²) in [5, 5.41) is 0. The molecule has 0 bridgehead atoms. The largest absolute Gasteiger partial charge is 0.494 e. The van der Waals surface area contributed by atoms with Gasteiger partial charge in [-0.3, -0.25) is 0 Å². The normalized spacial score (nSPS) is 11.5. The van der Waals surface area contributed by atoms with Gasteiger partial charge in [-0.25, -0.2) is 13.1 Å². The highest BCUT2D eigenvalue weighted by Crippen LogP contribution is 2.16. The molecule has 1 N–H and O–H groups in total. The number of benzene rings is 1. The van der Waals surface area contributed by atoms with Gasteiger partial charge in [0.15, 0.2) is 0 Å². The number of rotatable bonds is 9. The first-order chi connectivity index (χ1) is 9.10. The summed E-state index contributed by atoms with van der Waals surface area (Å²) in [7, 11) is -1.97. The summed E-state index contributed by atoms with van der Waals surface area (Å²) >= 11 is 5.54. The zero-order chi connectivity index (χ0) is 14.1. The van der Waals surface area contributed by atoms with Crippen molar-refractivity contribution in [1.29, 1.82) is 0 Å². The van der Waals surface area contributed by atoms with Crippen LogP contribution >= 0.6 is 11.6 Å². The van der Waals surface area contributed by atoms with Crippen LogP contribution in [0.1, 0.15) is 6.42 Å². The van der Waals surface area contributed by atoms with Gasteiger partial charge in [-0.1, -0.05) is 0 Å². The van der Waals surface area contributed by atoms with Gasteiger partial charge in [0.25, 0.3) is 0 Å². The third kappa shape index (κ3) is 5.78. The minimum atomic E-state index is -3.48. The highest BCUT2D eigenvalue weighted by Gasteiger charge is 2.12. The van der Waals surface area contributed by atoms with E-state index in [9.17, 15) is 8.42 Å². The first-order valence-corrected chi connectivity index (χ1v) is 7.89. The van der Waals surface area contributed by atoms with Crippen LogP contribution in [0.15, 0.2) is 29.2 Å². The molecule has 0 saturated carbocycles. The van der Waals surface area contributed by atoms with Gasteiger partial charge in [-0.2, -0.15) is 0 Å². The second-order valence-electron chi connectivity index (χ2n) is 3.75. The van der Waals surface area contributed by atoms with Crippen LogP contribution in [-0.2, 0) is 14.8 Å². The molecule has 1 aromatic carbocycles. The molecule has 1 rings (SSSR count). The molecule has 0 unspecified atom stereocenters. The van der Waals surface area contributed by atoms with Crippen molar-refractivity contribution >= 4 is 21.6 Å². The van der Waals surface area contributed by atoms with Crippen LogP contribution in [0.2, 0.25) is 0 Å². The number of sulfonamides is 1. The Morgan fingerprint density at radius 1 is 1.21 bits per heavy atom. The van der Waals surface area contributed by atoms with E-state index in [0.717, 1.165) is 6.42 Å². The third-order valence-corrected chi connectivity index (χ3v) is 4.02. The van der Waals surface area contributed by atoms with E-state index in [2.05, 4.69) is 4.72 Å². The smallest absolute Gasteiger partial charge is 0.240 e. The van der Waals surface area contributed by atoms with E-state index in [4.69, 9.17) is 21.1 Å². The molecule has 19 heavy (non-hydrogen) atoms. The van der Waals surface area contributed by atoms with Gasteiger partial charge in [0.05, 0.1) is 18.1 Å². The van der Waals surface area contributed by atoms with Crippen LogP contribution in [0.3, 0.4) is 0 Å². The molecule has 0 fully saturated rings. The van der Waals surface area contributed by atoms with Gasteiger partial charge >= 0.3 is 0 Å². The Bertz CT molecular complexity index is 461. The second kappa shape index (κ2) is 8.37. The Kier molecular flexibility index (Phi) is 7.15. The molecular formula is C12H18ClNO4S. The lowest BCUT2D eigenvalue weighted by Gasteiger charge is -2.08. The Morgan fingerprint density at radius 2 is 1.89 bits per heavy atom. The summed E-state index contributed by atoms with van der Waals surface area (Å²) in [5.74, 6) is 1.16. The van der Waals surface area contributed by atoms with E-state index in [0.29, 0.717) is 24.8 Å². The fourth-order valence-corrected chi connectivity index (χ4v) is 2.44. The Labute approximate surface area is 118 Å². The summed E-state index contributed by atoms with van der Waals surface area (Å²) in [6.07, 6.45) is 0.750. The fraction of sp³-hybridized carbons (Fsp3) is 0.500. The Hall–Kier alpha value is -0.820. The van der Waals surface area contributed by atoms with E-state index in [1.807, 2.05) is 0 Å². The molecule has 0 atom stereocenters. The molecule has 0 spiro atoms. The lowest BCUT2D eigenvalue weighted by Crippen LogP contribution is -2.27. The predicted octanol–water partition coefficient (Wildman–Crippen LogP) is 1.62. The number of methoxy groups -OCH3 is 1. The number of halogens is 1. The maximum atomic E-state index is 11.9. The first kappa shape index (κ1) is 16.2. The Morgan fingerprint density at radius 3 is 2.47 bits per heavy atom. The molecule has 7 heteroatoms. The van der Waals surface area contributed by atoms with Gasteiger partial charge in [0.2, 0.25) is 10.0 Å². The van der Waals surface area contributed by atoms with Crippen molar-refractivity contribution in [2.75, 3.05) is 32.7 Å². The van der Waals surface area contributed by atoms with Crippen molar-refractivity contribution in [2.24, 2.45) is 0 Å². The molecule has 0 aromatic heterocycles. The van der Waals surface area contributed by atoms with Crippen molar-refractivity contribution < 1.29 is 17.9 Å². The van der Waals surface area contributed by atoms with E-state index in [1.54, 1.807) is 12.1 Å². The van der Waals surface area contributed by atoms with Crippen molar-refractivity contribution in [3.05, 3.63) is 24.3 Å². The Balaban J connectivity index is 2.59. The maximum Gasteiger partial charge on any atom is 0.240 e. The summed E-state index contributed by atoms with van der Waals surface area (Å²) in [5.41, 5.74) is 0. The number of hydrogen-bond donors (Lipinski definition) is 1. The zero-order valence-corrected chi connectivity index (χ0v) is 12.3. The van der Waals surface area contributed by atoms with Crippen LogP contribution in [0.5, 0.6) is 5.75 Å². The van der Waals surface area contributed by atoms with Crippen molar-refractivity contribution in [2.45, 2.75) is 11.3 Å². The number of nitrogens with one attached hydrogen (secondary N) is 1. The monoisotopic (exact) mass is 307 g/mol. The van der Waals surface area contributed by atoms with E-state index >= 15 is 0 Å². The molecule has 1 aromatic rings. The molecular weight excluding hydrogens is 290 g/mol. The molecule has 0 radical (unpaired) electrons. The fourth-order valence-electron chi connectivity index (χ4n) is 1.32. The standard InChI is InChI=1S/C12H18ClNO4S/c1-17-10-8-14-19(15,16)12-5-3-11(4-6-12)18-9-2-7-13/h3-6,14H,2,7-10H2,1H3. The SMILES string of the molecule is COCCNS(=O)(=O)c1ccc(OCCCCl)cc1. The van der Waals surface area contributed by atoms with Gasteiger partial charge < -0.3 is 9.47 Å². The number of hydrogen-bond acceptors (Lipinski definition) is 4. The quantitative estimate of drug-likeness (QED) is 0.556. The summed E-state index contributed by atoms with van der Waals surface area (Å²) < 4.78 is 36.3. The average molecular weight is 308 g/mol. The molecule has 0 aliphatic carbocycles. The molecule has 0 amide bonds. The van der Waals surface area contributed by atoms with Gasteiger partial charge in [0, 0.05) is 19.5 Å². The molecule has 0 saturated heterocycles. The highest BCUT2D eigenvalue weighted by molar-refractivity contribution is 7.89. The minimum Gasteiger partial charge on any atom is -0.494 e. The summed E-state index contributed by atoms with van der Waals surface area (Å²) in [6.45, 7) is 1.09. The molecule has 5 nitrogen and oxygen atoms in total. The number of alkyl halides is 1. The molecule has 0 aliphatic rings. The predicted molar refractivity (Wildman–Crippen MR) is 74.3 cm³/mol. The number of ether oxygens (including phenoxy) is 2. The van der Waals surface area contributed by atoms with E-state index < -0.39 is 10.0 Å². The first-order valence-electron chi connectivity index (χ1n) is 5.87. The van der Waals surface area contributed by atoms with Crippen molar-refractivity contribution in [3.8, 4) is 5.75 Å².